The summed E-state index contributed by atoms with van der Waals surface area (Å²) in [4.78, 5) is 25.0. The number of esters is 1. The van der Waals surface area contributed by atoms with Gasteiger partial charge in [0.25, 0.3) is 0 Å². The van der Waals surface area contributed by atoms with Crippen LogP contribution >= 0.6 is 30.9 Å². The molecule has 4 rings (SSSR count). The number of hydrogen-bond donors (Lipinski definition) is 4. The number of anilines is 2. The molecule has 0 saturated carbocycles. The largest absolute Gasteiger partial charge is 0.462 e. The summed E-state index contributed by atoms with van der Waals surface area (Å²) >= 11 is 13.1. The van der Waals surface area contributed by atoms with Crippen molar-refractivity contribution in [1.29, 1.82) is 0 Å². The first-order chi connectivity index (χ1) is 18.8. The lowest BCUT2D eigenvalue weighted by atomic mass is 10.2. The van der Waals surface area contributed by atoms with Gasteiger partial charge < -0.3 is 30.2 Å². The molecular formula is C23H30Cl2N7O7P. The van der Waals surface area contributed by atoms with Crippen LogP contribution in [-0.2, 0) is 23.4 Å². The van der Waals surface area contributed by atoms with Crippen LogP contribution in [0.5, 0.6) is 5.75 Å². The highest BCUT2D eigenvalue weighted by Crippen LogP contribution is 2.50. The highest BCUT2D eigenvalue weighted by Gasteiger charge is 2.56. The molecule has 5 atom stereocenters. The maximum Gasteiger partial charge on any atom is 0.459 e. The van der Waals surface area contributed by atoms with Crippen molar-refractivity contribution < 1.29 is 33.0 Å². The van der Waals surface area contributed by atoms with E-state index >= 15 is 0 Å². The SMILES string of the molecule is CNc1nc(N)nc2c1ncn2[C@@H]1O[C@H](CO[P@@](=O)(N[C@H](C)C(=O)OC(C)C)Oc2ccccc2)[C@@H](O)C1(Cl)Cl. The minimum atomic E-state index is -4.24. The molecule has 1 saturated heterocycles. The van der Waals surface area contributed by atoms with Gasteiger partial charge in [-0.2, -0.15) is 15.1 Å². The molecule has 2 aromatic heterocycles. The molecule has 3 aromatic rings. The van der Waals surface area contributed by atoms with Crippen molar-refractivity contribution in [2.45, 2.75) is 55.7 Å². The number of imidazole rings is 1. The minimum absolute atomic E-state index is 0.0399. The number of nitrogens with zero attached hydrogens (tertiary/aromatic N) is 4. The Kier molecular flexibility index (Phi) is 9.10. The van der Waals surface area contributed by atoms with Gasteiger partial charge in [-0.15, -0.1) is 0 Å². The third kappa shape index (κ3) is 6.44. The number of aliphatic hydroxyl groups is 1. The Balaban J connectivity index is 1.56. The second-order valence-corrected chi connectivity index (χ2v) is 12.3. The second kappa shape index (κ2) is 12.0. The highest BCUT2D eigenvalue weighted by molar-refractivity contribution is 7.52. The first kappa shape index (κ1) is 30.3. The summed E-state index contributed by atoms with van der Waals surface area (Å²) in [7, 11) is -2.60. The summed E-state index contributed by atoms with van der Waals surface area (Å²) in [6, 6.07) is 7.14. The monoisotopic (exact) mass is 617 g/mol. The molecule has 5 N–H and O–H groups in total. The molecule has 0 spiro atoms. The Bertz CT molecular complexity index is 1390. The van der Waals surface area contributed by atoms with E-state index in [2.05, 4.69) is 25.4 Å². The predicted octanol–water partition coefficient (Wildman–Crippen LogP) is 3.02. The Hall–Kier alpha value is -2.71. The molecule has 3 heterocycles. The number of rotatable bonds is 11. The van der Waals surface area contributed by atoms with Crippen LogP contribution in [0, 0.1) is 0 Å². The molecule has 0 radical (unpaired) electrons. The molecule has 1 aliphatic rings. The molecule has 0 unspecified atom stereocenters. The van der Waals surface area contributed by atoms with Crippen molar-refractivity contribution >= 4 is 59.8 Å². The lowest BCUT2D eigenvalue weighted by molar-refractivity contribution is -0.149. The van der Waals surface area contributed by atoms with Crippen LogP contribution in [0.15, 0.2) is 36.7 Å². The maximum absolute atomic E-state index is 13.8. The molecule has 17 heteroatoms. The fraction of sp³-hybridized carbons (Fsp3) is 0.478. The van der Waals surface area contributed by atoms with E-state index in [1.54, 1.807) is 51.2 Å². The average molecular weight is 618 g/mol. The lowest BCUT2D eigenvalue weighted by Crippen LogP contribution is -2.39. The van der Waals surface area contributed by atoms with E-state index in [0.29, 0.717) is 11.3 Å². The first-order valence-electron chi connectivity index (χ1n) is 12.2. The number of hydrogen-bond acceptors (Lipinski definition) is 12. The molecule has 1 aromatic carbocycles. The zero-order chi connectivity index (χ0) is 29.2. The maximum atomic E-state index is 13.8. The molecule has 1 aliphatic heterocycles. The Labute approximate surface area is 240 Å². The van der Waals surface area contributed by atoms with Gasteiger partial charge in [0, 0.05) is 7.05 Å². The third-order valence-electron chi connectivity index (χ3n) is 5.74. The molecule has 1 fully saturated rings. The Morgan fingerprint density at radius 3 is 2.62 bits per heavy atom. The first-order valence-corrected chi connectivity index (χ1v) is 14.5. The summed E-state index contributed by atoms with van der Waals surface area (Å²) in [6.07, 6.45) is -2.93. The van der Waals surface area contributed by atoms with Crippen LogP contribution in [0.3, 0.4) is 0 Å². The molecule has 0 bridgehead atoms. The summed E-state index contributed by atoms with van der Waals surface area (Å²) in [5.41, 5.74) is 6.45. The number of carbonyl (C=O) groups excluding carboxylic acids is 1. The predicted molar refractivity (Wildman–Crippen MR) is 148 cm³/mol. The van der Waals surface area contributed by atoms with Crippen LogP contribution in [0.4, 0.5) is 11.8 Å². The van der Waals surface area contributed by atoms with E-state index in [-0.39, 0.29) is 17.3 Å². The van der Waals surface area contributed by atoms with Crippen LogP contribution in [0.1, 0.15) is 27.0 Å². The molecule has 14 nitrogen and oxygen atoms in total. The van der Waals surface area contributed by atoms with Gasteiger partial charge in [0.1, 0.15) is 24.0 Å². The van der Waals surface area contributed by atoms with Crippen molar-refractivity contribution in [2.24, 2.45) is 0 Å². The number of alkyl halides is 2. The molecule has 0 aliphatic carbocycles. The topological polar surface area (TPSA) is 185 Å². The van der Waals surface area contributed by atoms with Gasteiger partial charge in [-0.1, -0.05) is 41.4 Å². The van der Waals surface area contributed by atoms with E-state index in [0.717, 1.165) is 0 Å². The van der Waals surface area contributed by atoms with Crippen LogP contribution in [0.25, 0.3) is 11.2 Å². The molecule has 40 heavy (non-hydrogen) atoms. The number of aromatic nitrogens is 4. The quantitative estimate of drug-likeness (QED) is 0.140. The zero-order valence-corrected chi connectivity index (χ0v) is 24.4. The van der Waals surface area contributed by atoms with Crippen LogP contribution in [0.2, 0.25) is 0 Å². The fourth-order valence-corrected chi connectivity index (χ4v) is 5.99. The van der Waals surface area contributed by atoms with E-state index in [9.17, 15) is 14.5 Å². The van der Waals surface area contributed by atoms with Crippen molar-refractivity contribution in [3.8, 4) is 5.75 Å². The summed E-state index contributed by atoms with van der Waals surface area (Å²) in [5.74, 6) is -0.131. The third-order valence-corrected chi connectivity index (χ3v) is 8.21. The normalized spacial score (nSPS) is 22.6. The Morgan fingerprint density at radius 1 is 1.27 bits per heavy atom. The number of nitrogens with one attached hydrogen (secondary N) is 2. The van der Waals surface area contributed by atoms with E-state index in [1.165, 1.54) is 17.8 Å². The Morgan fingerprint density at radius 2 is 1.98 bits per heavy atom. The van der Waals surface area contributed by atoms with Gasteiger partial charge in [0.15, 0.2) is 27.5 Å². The van der Waals surface area contributed by atoms with Gasteiger partial charge in [0.2, 0.25) is 5.95 Å². The number of benzene rings is 1. The standard InChI is InChI=1S/C23H30Cl2N7O7P/c1-12(2)37-20(34)13(3)31-40(35,39-14-8-6-5-7-9-14)36-10-15-17(33)23(24,25)21(38-15)32-11-28-16-18(27-4)29-22(26)30-19(16)32/h5-9,11-13,15,17,21,33H,10H2,1-4H3,(H,31,35)(H3,26,27,29,30)/t13-,15-,17-,21-,40+/m1/s1. The number of carbonyl (C=O) groups is 1. The van der Waals surface area contributed by atoms with Crippen LogP contribution in [-0.4, -0.2) is 72.9 Å². The van der Waals surface area contributed by atoms with Crippen molar-refractivity contribution in [3.63, 3.8) is 0 Å². The summed E-state index contributed by atoms with van der Waals surface area (Å²) < 4.78 is 35.7. The van der Waals surface area contributed by atoms with Gasteiger partial charge in [-0.05, 0) is 32.9 Å². The van der Waals surface area contributed by atoms with Crippen LogP contribution < -0.4 is 20.7 Å². The van der Waals surface area contributed by atoms with Gasteiger partial charge in [0.05, 0.1) is 19.0 Å². The van der Waals surface area contributed by atoms with Gasteiger partial charge in [-0.3, -0.25) is 13.9 Å². The number of nitrogens with two attached hydrogens (primary N) is 1. The number of para-hydroxylation sites is 1. The summed E-state index contributed by atoms with van der Waals surface area (Å²) in [5, 5.41) is 16.4. The number of halogens is 2. The van der Waals surface area contributed by atoms with Crippen molar-refractivity contribution in [2.75, 3.05) is 24.7 Å². The minimum Gasteiger partial charge on any atom is -0.462 e. The molecule has 0 amide bonds. The summed E-state index contributed by atoms with van der Waals surface area (Å²) in [6.45, 7) is 4.33. The van der Waals surface area contributed by atoms with Gasteiger partial charge in [-0.25, -0.2) is 9.55 Å². The van der Waals surface area contributed by atoms with Crippen molar-refractivity contribution in [3.05, 3.63) is 36.7 Å². The van der Waals surface area contributed by atoms with Gasteiger partial charge >= 0.3 is 13.7 Å². The fourth-order valence-electron chi connectivity index (χ4n) is 3.89. The van der Waals surface area contributed by atoms with Crippen molar-refractivity contribution in [1.82, 2.24) is 24.6 Å². The van der Waals surface area contributed by atoms with E-state index in [4.69, 9.17) is 47.5 Å². The molecular weight excluding hydrogens is 588 g/mol. The number of nitrogen functional groups attached to an aromatic ring is 1. The molecule has 218 valence electrons. The second-order valence-electron chi connectivity index (χ2n) is 9.18. The van der Waals surface area contributed by atoms with E-state index < -0.39 is 55.2 Å². The smallest absolute Gasteiger partial charge is 0.459 e. The van der Waals surface area contributed by atoms with E-state index in [1.807, 2.05) is 0 Å². The zero-order valence-electron chi connectivity index (χ0n) is 22.0. The number of aliphatic hydroxyl groups excluding tert-OH is 1. The highest BCUT2D eigenvalue weighted by atomic mass is 35.5. The lowest BCUT2D eigenvalue weighted by Gasteiger charge is -2.25. The number of ether oxygens (including phenoxy) is 2. The number of fused-ring (bicyclic) bond motifs is 1. The average Bonchev–Trinajstić information content (AvgIpc) is 3.40.